The van der Waals surface area contributed by atoms with Gasteiger partial charge in [0.15, 0.2) is 0 Å². The van der Waals surface area contributed by atoms with E-state index in [0.29, 0.717) is 11.3 Å². The molecule has 0 spiro atoms. The molecule has 0 saturated carbocycles. The first-order valence-electron chi connectivity index (χ1n) is 10.4. The molecule has 1 amide bonds. The summed E-state index contributed by atoms with van der Waals surface area (Å²) in [7, 11) is 0. The van der Waals surface area contributed by atoms with Gasteiger partial charge in [0.1, 0.15) is 6.07 Å². The lowest BCUT2D eigenvalue weighted by atomic mass is 10.0. The van der Waals surface area contributed by atoms with Crippen LogP contribution in [0.5, 0.6) is 0 Å². The number of fused-ring (bicyclic) bond motifs is 1. The van der Waals surface area contributed by atoms with Gasteiger partial charge in [0.05, 0.1) is 17.3 Å². The monoisotopic (exact) mass is 398 g/mol. The molecule has 0 radical (unpaired) electrons. The molecule has 5 nitrogen and oxygen atoms in total. The number of carbonyl (C=O) groups is 1. The molecule has 30 heavy (non-hydrogen) atoms. The van der Waals surface area contributed by atoms with Gasteiger partial charge in [0.25, 0.3) is 0 Å². The number of nitrogens with zero attached hydrogens (tertiary/aromatic N) is 3. The maximum atomic E-state index is 12.7. The quantitative estimate of drug-likeness (QED) is 0.709. The third-order valence-corrected chi connectivity index (χ3v) is 5.91. The summed E-state index contributed by atoms with van der Waals surface area (Å²) in [5.74, 6) is -0.0693. The number of carbonyl (C=O) groups excluding carboxylic acids is 1. The first-order chi connectivity index (χ1) is 14.7. The summed E-state index contributed by atoms with van der Waals surface area (Å²) >= 11 is 0. The standard InChI is InChI=1S/C25H26N4O/c1-19(25(30)27-24-12-5-3-8-21(24)17-26)29-15-13-28(14-16-29)18-22-10-6-9-20-7-2-4-11-23(20)22/h2-12,19H,13-16,18H2,1H3,(H,27,30)/t19-/m0/s1. The maximum absolute atomic E-state index is 12.7. The second-order valence-corrected chi connectivity index (χ2v) is 7.77. The number of hydrogen-bond acceptors (Lipinski definition) is 4. The van der Waals surface area contributed by atoms with Gasteiger partial charge in [0.2, 0.25) is 5.91 Å². The zero-order valence-corrected chi connectivity index (χ0v) is 17.2. The second-order valence-electron chi connectivity index (χ2n) is 7.77. The van der Waals surface area contributed by atoms with E-state index in [4.69, 9.17) is 0 Å². The van der Waals surface area contributed by atoms with E-state index >= 15 is 0 Å². The molecule has 0 aromatic heterocycles. The number of hydrogen-bond donors (Lipinski definition) is 1. The molecule has 1 aliphatic heterocycles. The van der Waals surface area contributed by atoms with Crippen LogP contribution in [0.2, 0.25) is 0 Å². The highest BCUT2D eigenvalue weighted by molar-refractivity contribution is 5.95. The minimum Gasteiger partial charge on any atom is -0.324 e. The van der Waals surface area contributed by atoms with E-state index in [1.807, 2.05) is 13.0 Å². The highest BCUT2D eigenvalue weighted by Gasteiger charge is 2.26. The van der Waals surface area contributed by atoms with E-state index in [-0.39, 0.29) is 11.9 Å². The molecule has 1 fully saturated rings. The molecule has 4 rings (SSSR count). The minimum absolute atomic E-state index is 0.0693. The van der Waals surface area contributed by atoms with Crippen molar-refractivity contribution in [2.45, 2.75) is 19.5 Å². The van der Waals surface area contributed by atoms with Gasteiger partial charge in [-0.1, -0.05) is 54.6 Å². The van der Waals surface area contributed by atoms with Crippen molar-refractivity contribution in [2.24, 2.45) is 0 Å². The summed E-state index contributed by atoms with van der Waals surface area (Å²) in [6, 6.07) is 24.0. The lowest BCUT2D eigenvalue weighted by Crippen LogP contribution is -2.52. The molecule has 0 unspecified atom stereocenters. The van der Waals surface area contributed by atoms with Gasteiger partial charge >= 0.3 is 0 Å². The van der Waals surface area contributed by atoms with Crippen molar-refractivity contribution in [3.63, 3.8) is 0 Å². The van der Waals surface area contributed by atoms with Crippen LogP contribution in [-0.2, 0) is 11.3 Å². The van der Waals surface area contributed by atoms with Crippen molar-refractivity contribution in [3.05, 3.63) is 77.9 Å². The smallest absolute Gasteiger partial charge is 0.241 e. The Morgan fingerprint density at radius 3 is 2.50 bits per heavy atom. The fourth-order valence-corrected chi connectivity index (χ4v) is 4.07. The van der Waals surface area contributed by atoms with Crippen molar-refractivity contribution in [1.29, 1.82) is 5.26 Å². The zero-order valence-electron chi connectivity index (χ0n) is 17.2. The molecule has 1 aliphatic rings. The van der Waals surface area contributed by atoms with Crippen LogP contribution in [0.15, 0.2) is 66.7 Å². The summed E-state index contributed by atoms with van der Waals surface area (Å²) in [4.78, 5) is 17.4. The van der Waals surface area contributed by atoms with E-state index in [0.717, 1.165) is 32.7 Å². The Morgan fingerprint density at radius 2 is 1.70 bits per heavy atom. The molecule has 3 aromatic carbocycles. The number of amides is 1. The van der Waals surface area contributed by atoms with E-state index in [2.05, 4.69) is 63.7 Å². The predicted octanol–water partition coefficient (Wildman–Crippen LogP) is 3.86. The molecule has 0 bridgehead atoms. The lowest BCUT2D eigenvalue weighted by molar-refractivity contribution is -0.121. The molecular weight excluding hydrogens is 372 g/mol. The van der Waals surface area contributed by atoms with Crippen LogP contribution >= 0.6 is 0 Å². The van der Waals surface area contributed by atoms with Gasteiger partial charge in [-0.25, -0.2) is 0 Å². The second kappa shape index (κ2) is 9.08. The largest absolute Gasteiger partial charge is 0.324 e. The summed E-state index contributed by atoms with van der Waals surface area (Å²) in [6.45, 7) is 6.40. The zero-order chi connectivity index (χ0) is 20.9. The molecule has 0 aliphatic carbocycles. The number of piperazine rings is 1. The molecular formula is C25H26N4O. The third kappa shape index (κ3) is 4.35. The van der Waals surface area contributed by atoms with Crippen LogP contribution in [0, 0.1) is 11.3 Å². The summed E-state index contributed by atoms with van der Waals surface area (Å²) in [5.41, 5.74) is 2.41. The molecule has 152 valence electrons. The Balaban J connectivity index is 1.35. The Bertz CT molecular complexity index is 1070. The minimum atomic E-state index is -0.239. The normalized spacial score (nSPS) is 16.1. The molecule has 5 heteroatoms. The molecule has 1 saturated heterocycles. The molecule has 3 aromatic rings. The van der Waals surface area contributed by atoms with Crippen LogP contribution < -0.4 is 5.32 Å². The van der Waals surface area contributed by atoms with Crippen molar-refractivity contribution < 1.29 is 4.79 Å². The topological polar surface area (TPSA) is 59.4 Å². The maximum Gasteiger partial charge on any atom is 0.241 e. The van der Waals surface area contributed by atoms with Gasteiger partial charge in [0, 0.05) is 32.7 Å². The number of rotatable bonds is 5. The first-order valence-corrected chi connectivity index (χ1v) is 10.4. The Hall–Kier alpha value is -3.20. The number of anilines is 1. The number of benzene rings is 3. The average molecular weight is 399 g/mol. The Morgan fingerprint density at radius 1 is 1.00 bits per heavy atom. The molecule has 1 N–H and O–H groups in total. The van der Waals surface area contributed by atoms with Crippen LogP contribution in [0.4, 0.5) is 5.69 Å². The fourth-order valence-electron chi connectivity index (χ4n) is 4.07. The lowest BCUT2D eigenvalue weighted by Gasteiger charge is -2.37. The van der Waals surface area contributed by atoms with Gasteiger partial charge in [-0.2, -0.15) is 5.26 Å². The van der Waals surface area contributed by atoms with Crippen LogP contribution in [0.3, 0.4) is 0 Å². The summed E-state index contributed by atoms with van der Waals surface area (Å²) in [5, 5.41) is 14.7. The van der Waals surface area contributed by atoms with Crippen molar-refractivity contribution in [3.8, 4) is 6.07 Å². The highest BCUT2D eigenvalue weighted by Crippen LogP contribution is 2.21. The van der Waals surface area contributed by atoms with Gasteiger partial charge in [-0.15, -0.1) is 0 Å². The predicted molar refractivity (Wildman–Crippen MR) is 120 cm³/mol. The summed E-state index contributed by atoms with van der Waals surface area (Å²) in [6.07, 6.45) is 0. The van der Waals surface area contributed by atoms with Crippen molar-refractivity contribution in [1.82, 2.24) is 9.80 Å². The average Bonchev–Trinajstić information content (AvgIpc) is 2.79. The Kier molecular flexibility index (Phi) is 6.08. The van der Waals surface area contributed by atoms with Crippen molar-refractivity contribution >= 4 is 22.4 Å². The molecule has 1 heterocycles. The van der Waals surface area contributed by atoms with Crippen molar-refractivity contribution in [2.75, 3.05) is 31.5 Å². The number of para-hydroxylation sites is 1. The van der Waals surface area contributed by atoms with Crippen LogP contribution in [0.25, 0.3) is 10.8 Å². The third-order valence-electron chi connectivity index (χ3n) is 5.91. The van der Waals surface area contributed by atoms with Crippen LogP contribution in [-0.4, -0.2) is 47.9 Å². The van der Waals surface area contributed by atoms with E-state index in [1.54, 1.807) is 18.2 Å². The van der Waals surface area contributed by atoms with Gasteiger partial charge in [-0.3, -0.25) is 14.6 Å². The van der Waals surface area contributed by atoms with Gasteiger partial charge in [-0.05, 0) is 35.4 Å². The fraction of sp³-hybridized carbons (Fsp3) is 0.280. The first kappa shape index (κ1) is 20.1. The van der Waals surface area contributed by atoms with Crippen LogP contribution in [0.1, 0.15) is 18.1 Å². The SMILES string of the molecule is C[C@@H](C(=O)Nc1ccccc1C#N)N1CCN(Cc2cccc3ccccc23)CC1. The number of nitriles is 1. The number of nitrogens with one attached hydrogen (secondary N) is 1. The van der Waals surface area contributed by atoms with E-state index in [1.165, 1.54) is 16.3 Å². The highest BCUT2D eigenvalue weighted by atomic mass is 16.2. The van der Waals surface area contributed by atoms with E-state index < -0.39 is 0 Å². The summed E-state index contributed by atoms with van der Waals surface area (Å²) < 4.78 is 0. The molecule has 1 atom stereocenters. The Labute approximate surface area is 177 Å². The van der Waals surface area contributed by atoms with E-state index in [9.17, 15) is 10.1 Å². The van der Waals surface area contributed by atoms with Gasteiger partial charge < -0.3 is 5.32 Å².